The molecule has 3 nitrogen and oxygen atoms in total. The minimum atomic E-state index is 0. The van der Waals surface area contributed by atoms with Gasteiger partial charge < -0.3 is 10.0 Å². The maximum atomic E-state index is 3.78. The molecule has 0 aliphatic carbocycles. The van der Waals surface area contributed by atoms with Crippen LogP contribution in [0.25, 0.3) is 0 Å². The summed E-state index contributed by atoms with van der Waals surface area (Å²) < 4.78 is 1.89. The molecule has 0 aliphatic heterocycles. The van der Waals surface area contributed by atoms with Gasteiger partial charge in [-0.25, -0.2) is 4.98 Å². The molecule has 0 atom stereocenters. The first-order valence-electron chi connectivity index (χ1n) is 1.81. The van der Waals surface area contributed by atoms with Crippen LogP contribution in [-0.2, 0) is 7.05 Å². The third-order valence-electron chi connectivity index (χ3n) is 0.637. The summed E-state index contributed by atoms with van der Waals surface area (Å²) in [5, 5.41) is 0. The third kappa shape index (κ3) is 1.36. The molecular weight excluding hydrogens is 92.1 g/mol. The first kappa shape index (κ1) is 6.17. The molecule has 1 rings (SSSR count). The molecule has 1 heterocycles. The summed E-state index contributed by atoms with van der Waals surface area (Å²) in [6.07, 6.45) is 5.39. The van der Waals surface area contributed by atoms with Crippen molar-refractivity contribution in [3.05, 3.63) is 18.7 Å². The van der Waals surface area contributed by atoms with Gasteiger partial charge in [0.1, 0.15) is 0 Å². The van der Waals surface area contributed by atoms with E-state index in [1.165, 1.54) is 0 Å². The van der Waals surface area contributed by atoms with Crippen LogP contribution >= 0.6 is 0 Å². The molecule has 0 spiro atoms. The monoisotopic (exact) mass is 100 g/mol. The van der Waals surface area contributed by atoms with E-state index in [1.54, 1.807) is 12.5 Å². The molecule has 7 heavy (non-hydrogen) atoms. The van der Waals surface area contributed by atoms with Gasteiger partial charge in [-0.2, -0.15) is 0 Å². The van der Waals surface area contributed by atoms with Gasteiger partial charge in [0.2, 0.25) is 0 Å². The number of hydrogen-bond acceptors (Lipinski definition) is 1. The fraction of sp³-hybridized carbons (Fsp3) is 0.250. The molecule has 0 aromatic carbocycles. The zero-order valence-corrected chi connectivity index (χ0v) is 4.13. The molecule has 0 saturated heterocycles. The molecule has 0 saturated carbocycles. The molecule has 0 fully saturated rings. The van der Waals surface area contributed by atoms with Crippen molar-refractivity contribution in [1.82, 2.24) is 9.55 Å². The SMILES string of the molecule is Cn1ccnc1.O. The summed E-state index contributed by atoms with van der Waals surface area (Å²) in [5.41, 5.74) is 0. The number of aryl methyl sites for hydroxylation is 1. The van der Waals surface area contributed by atoms with E-state index in [2.05, 4.69) is 4.98 Å². The van der Waals surface area contributed by atoms with Crippen molar-refractivity contribution < 1.29 is 5.48 Å². The number of nitrogens with zero attached hydrogens (tertiary/aromatic N) is 2. The molecule has 0 unspecified atom stereocenters. The van der Waals surface area contributed by atoms with E-state index < -0.39 is 0 Å². The average Bonchev–Trinajstić information content (AvgIpc) is 1.86. The van der Waals surface area contributed by atoms with Crippen molar-refractivity contribution in [2.75, 3.05) is 0 Å². The van der Waals surface area contributed by atoms with E-state index in [-0.39, 0.29) is 5.48 Å². The van der Waals surface area contributed by atoms with Crippen molar-refractivity contribution in [3.63, 3.8) is 0 Å². The Balaban J connectivity index is 0.000000360. The van der Waals surface area contributed by atoms with Gasteiger partial charge in [0.15, 0.2) is 0 Å². The Morgan fingerprint density at radius 1 is 1.57 bits per heavy atom. The highest BCUT2D eigenvalue weighted by Crippen LogP contribution is 1.73. The highest BCUT2D eigenvalue weighted by Gasteiger charge is 1.69. The zero-order chi connectivity index (χ0) is 4.41. The van der Waals surface area contributed by atoms with Crippen molar-refractivity contribution in [2.45, 2.75) is 0 Å². The first-order valence-corrected chi connectivity index (χ1v) is 1.81. The van der Waals surface area contributed by atoms with Crippen LogP contribution in [0.5, 0.6) is 0 Å². The van der Waals surface area contributed by atoms with Gasteiger partial charge >= 0.3 is 0 Å². The molecule has 3 heteroatoms. The third-order valence-corrected chi connectivity index (χ3v) is 0.637. The van der Waals surface area contributed by atoms with Crippen LogP contribution in [0.4, 0.5) is 0 Å². The fourth-order valence-electron chi connectivity index (χ4n) is 0.326. The van der Waals surface area contributed by atoms with Gasteiger partial charge in [-0.1, -0.05) is 0 Å². The van der Waals surface area contributed by atoms with Gasteiger partial charge in [-0.05, 0) is 0 Å². The van der Waals surface area contributed by atoms with Crippen molar-refractivity contribution >= 4 is 0 Å². The number of aromatic nitrogens is 2. The molecule has 0 amide bonds. The molecule has 0 bridgehead atoms. The van der Waals surface area contributed by atoms with Crippen molar-refractivity contribution in [2.24, 2.45) is 7.05 Å². The minimum absolute atomic E-state index is 0. The highest BCUT2D eigenvalue weighted by atomic mass is 16.0. The maximum Gasteiger partial charge on any atom is 0.0943 e. The number of hydrogen-bond donors (Lipinski definition) is 0. The zero-order valence-electron chi connectivity index (χ0n) is 4.13. The van der Waals surface area contributed by atoms with Crippen LogP contribution in [0, 0.1) is 0 Å². The predicted octanol–water partition coefficient (Wildman–Crippen LogP) is -0.405. The van der Waals surface area contributed by atoms with Crippen LogP contribution in [0.1, 0.15) is 0 Å². The van der Waals surface area contributed by atoms with Crippen LogP contribution in [0.3, 0.4) is 0 Å². The van der Waals surface area contributed by atoms with Gasteiger partial charge in [0.05, 0.1) is 6.33 Å². The quantitative estimate of drug-likeness (QED) is 0.437. The second-order valence-corrected chi connectivity index (χ2v) is 1.23. The largest absolute Gasteiger partial charge is 0.412 e. The lowest BCUT2D eigenvalue weighted by Crippen LogP contribution is -1.76. The predicted molar refractivity (Wildman–Crippen MR) is 26.8 cm³/mol. The average molecular weight is 100 g/mol. The van der Waals surface area contributed by atoms with E-state index in [0.717, 1.165) is 0 Å². The lowest BCUT2D eigenvalue weighted by Gasteiger charge is -1.76. The highest BCUT2D eigenvalue weighted by molar-refractivity contribution is 4.70. The topological polar surface area (TPSA) is 49.3 Å². The fourth-order valence-corrected chi connectivity index (χ4v) is 0.326. The number of imidazole rings is 1. The Labute approximate surface area is 41.9 Å². The number of rotatable bonds is 0. The summed E-state index contributed by atoms with van der Waals surface area (Å²) in [4.78, 5) is 3.78. The molecule has 1 aromatic heterocycles. The standard InChI is InChI=1S/C4H6N2.H2O/c1-6-3-2-5-4-6;/h2-4H,1H3;1H2. The van der Waals surface area contributed by atoms with Gasteiger partial charge in [-0.3, -0.25) is 0 Å². The Kier molecular flexibility index (Phi) is 2.08. The van der Waals surface area contributed by atoms with Crippen molar-refractivity contribution in [3.8, 4) is 0 Å². The second-order valence-electron chi connectivity index (χ2n) is 1.23. The molecular formula is C4H8N2O. The van der Waals surface area contributed by atoms with E-state index in [0.29, 0.717) is 0 Å². The molecule has 40 valence electrons. The summed E-state index contributed by atoms with van der Waals surface area (Å²) >= 11 is 0. The molecule has 0 radical (unpaired) electrons. The Morgan fingerprint density at radius 3 is 2.43 bits per heavy atom. The summed E-state index contributed by atoms with van der Waals surface area (Å²) in [6, 6.07) is 0. The summed E-state index contributed by atoms with van der Waals surface area (Å²) in [7, 11) is 1.94. The molecule has 1 aromatic rings. The first-order chi connectivity index (χ1) is 2.89. The Hall–Kier alpha value is -0.830. The van der Waals surface area contributed by atoms with E-state index in [1.807, 2.05) is 17.8 Å². The smallest absolute Gasteiger partial charge is 0.0943 e. The van der Waals surface area contributed by atoms with Crippen LogP contribution in [0.2, 0.25) is 0 Å². The van der Waals surface area contributed by atoms with Gasteiger partial charge in [0.25, 0.3) is 0 Å². The lowest BCUT2D eigenvalue weighted by atomic mass is 10.9. The molecule has 0 aliphatic rings. The second kappa shape index (κ2) is 2.36. The van der Waals surface area contributed by atoms with Gasteiger partial charge in [-0.15, -0.1) is 0 Å². The Bertz CT molecular complexity index is 113. The maximum absolute atomic E-state index is 3.78. The van der Waals surface area contributed by atoms with E-state index >= 15 is 0 Å². The normalized spacial score (nSPS) is 7.57. The summed E-state index contributed by atoms with van der Waals surface area (Å²) in [6.45, 7) is 0. The van der Waals surface area contributed by atoms with Crippen LogP contribution in [-0.4, -0.2) is 15.0 Å². The molecule has 2 N–H and O–H groups in total. The van der Waals surface area contributed by atoms with Crippen LogP contribution in [0.15, 0.2) is 18.7 Å². The summed E-state index contributed by atoms with van der Waals surface area (Å²) in [5.74, 6) is 0. The van der Waals surface area contributed by atoms with E-state index in [9.17, 15) is 0 Å². The lowest BCUT2D eigenvalue weighted by molar-refractivity contribution is 0.824. The Morgan fingerprint density at radius 2 is 2.29 bits per heavy atom. The van der Waals surface area contributed by atoms with Crippen molar-refractivity contribution in [1.29, 1.82) is 0 Å². The van der Waals surface area contributed by atoms with Gasteiger partial charge in [0, 0.05) is 19.4 Å². The van der Waals surface area contributed by atoms with E-state index in [4.69, 9.17) is 0 Å². The minimum Gasteiger partial charge on any atom is -0.412 e. The van der Waals surface area contributed by atoms with Crippen LogP contribution < -0.4 is 0 Å².